The van der Waals surface area contributed by atoms with Gasteiger partial charge in [-0.25, -0.2) is 0 Å². The van der Waals surface area contributed by atoms with Gasteiger partial charge < -0.3 is 20.3 Å². The van der Waals surface area contributed by atoms with Crippen LogP contribution in [0.1, 0.15) is 12.0 Å². The highest BCUT2D eigenvalue weighted by Crippen LogP contribution is 2.12. The van der Waals surface area contributed by atoms with E-state index >= 15 is 0 Å². The molecule has 114 valence electrons. The second-order valence-corrected chi connectivity index (χ2v) is 4.61. The van der Waals surface area contributed by atoms with Crippen LogP contribution in [-0.4, -0.2) is 56.6 Å². The third kappa shape index (κ3) is 6.86. The van der Waals surface area contributed by atoms with Crippen molar-refractivity contribution in [1.29, 1.82) is 0 Å². The van der Waals surface area contributed by atoms with Crippen LogP contribution < -0.4 is 10.5 Å². The smallest absolute Gasteiger partial charge is 0.119 e. The quantitative estimate of drug-likeness (QED) is 0.589. The van der Waals surface area contributed by atoms with E-state index in [9.17, 15) is 0 Å². The SMILES string of the molecule is COCCN(CCO)CCCOc1ccc(CN)cc1. The van der Waals surface area contributed by atoms with Crippen LogP contribution in [0.25, 0.3) is 0 Å². The van der Waals surface area contributed by atoms with Crippen molar-refractivity contribution < 1.29 is 14.6 Å². The number of hydrogen-bond acceptors (Lipinski definition) is 5. The molecule has 0 aromatic heterocycles. The molecule has 0 saturated heterocycles. The van der Waals surface area contributed by atoms with Crippen LogP contribution in [0.3, 0.4) is 0 Å². The molecular formula is C15H26N2O3. The summed E-state index contributed by atoms with van der Waals surface area (Å²) in [5, 5.41) is 9.00. The summed E-state index contributed by atoms with van der Waals surface area (Å²) in [6.07, 6.45) is 0.919. The number of aliphatic hydroxyl groups excluding tert-OH is 1. The van der Waals surface area contributed by atoms with E-state index in [0.717, 1.165) is 30.8 Å². The minimum Gasteiger partial charge on any atom is -0.494 e. The lowest BCUT2D eigenvalue weighted by Gasteiger charge is -2.20. The summed E-state index contributed by atoms with van der Waals surface area (Å²) in [7, 11) is 1.69. The lowest BCUT2D eigenvalue weighted by atomic mass is 10.2. The summed E-state index contributed by atoms with van der Waals surface area (Å²) < 4.78 is 10.7. The molecule has 1 rings (SSSR count). The van der Waals surface area contributed by atoms with Gasteiger partial charge in [0, 0.05) is 33.3 Å². The van der Waals surface area contributed by atoms with Crippen molar-refractivity contribution in [2.75, 3.05) is 46.6 Å². The Morgan fingerprint density at radius 1 is 1.10 bits per heavy atom. The van der Waals surface area contributed by atoms with Crippen LogP contribution in [0, 0.1) is 0 Å². The van der Waals surface area contributed by atoms with Crippen LogP contribution in [0.4, 0.5) is 0 Å². The predicted molar refractivity (Wildman–Crippen MR) is 79.8 cm³/mol. The van der Waals surface area contributed by atoms with Gasteiger partial charge in [0.05, 0.1) is 19.8 Å². The maximum atomic E-state index is 9.00. The molecule has 5 nitrogen and oxygen atoms in total. The maximum absolute atomic E-state index is 9.00. The van der Waals surface area contributed by atoms with Crippen molar-refractivity contribution in [3.05, 3.63) is 29.8 Å². The fourth-order valence-electron chi connectivity index (χ4n) is 1.90. The van der Waals surface area contributed by atoms with Crippen LogP contribution in [0.5, 0.6) is 5.75 Å². The third-order valence-corrected chi connectivity index (χ3v) is 3.07. The molecule has 0 fully saturated rings. The van der Waals surface area contributed by atoms with Gasteiger partial charge in [-0.15, -0.1) is 0 Å². The zero-order valence-corrected chi connectivity index (χ0v) is 12.3. The first-order valence-electron chi connectivity index (χ1n) is 7.04. The van der Waals surface area contributed by atoms with E-state index in [1.165, 1.54) is 0 Å². The fourth-order valence-corrected chi connectivity index (χ4v) is 1.90. The molecule has 0 aliphatic rings. The largest absolute Gasteiger partial charge is 0.494 e. The van der Waals surface area contributed by atoms with Crippen LogP contribution in [0.2, 0.25) is 0 Å². The number of nitrogens with two attached hydrogens (primary N) is 1. The van der Waals surface area contributed by atoms with Crippen LogP contribution in [-0.2, 0) is 11.3 Å². The minimum atomic E-state index is 0.172. The molecule has 0 atom stereocenters. The molecule has 0 radical (unpaired) electrons. The van der Waals surface area contributed by atoms with Gasteiger partial charge in [-0.2, -0.15) is 0 Å². The molecule has 0 unspecified atom stereocenters. The summed E-state index contributed by atoms with van der Waals surface area (Å²) in [5.74, 6) is 0.868. The van der Waals surface area contributed by atoms with E-state index in [1.807, 2.05) is 24.3 Å². The first kappa shape index (κ1) is 16.9. The van der Waals surface area contributed by atoms with E-state index in [4.69, 9.17) is 20.3 Å². The molecule has 3 N–H and O–H groups in total. The van der Waals surface area contributed by atoms with Crippen LogP contribution in [0.15, 0.2) is 24.3 Å². The molecule has 0 heterocycles. The number of nitrogens with zero attached hydrogens (tertiary/aromatic N) is 1. The van der Waals surface area contributed by atoms with Gasteiger partial charge in [-0.05, 0) is 24.1 Å². The minimum absolute atomic E-state index is 0.172. The fraction of sp³-hybridized carbons (Fsp3) is 0.600. The molecule has 1 aromatic carbocycles. The molecule has 5 heteroatoms. The zero-order chi connectivity index (χ0) is 14.6. The highest BCUT2D eigenvalue weighted by molar-refractivity contribution is 5.26. The van der Waals surface area contributed by atoms with Crippen LogP contribution >= 0.6 is 0 Å². The van der Waals surface area contributed by atoms with E-state index < -0.39 is 0 Å². The summed E-state index contributed by atoms with van der Waals surface area (Å²) >= 11 is 0. The molecule has 0 spiro atoms. The third-order valence-electron chi connectivity index (χ3n) is 3.07. The van der Waals surface area contributed by atoms with Gasteiger partial charge in [-0.3, -0.25) is 4.90 Å². The highest BCUT2D eigenvalue weighted by atomic mass is 16.5. The normalized spacial score (nSPS) is 11.0. The Kier molecular flexibility index (Phi) is 8.98. The summed E-state index contributed by atoms with van der Waals surface area (Å²) in [5.41, 5.74) is 6.65. The average Bonchev–Trinajstić information content (AvgIpc) is 2.49. The maximum Gasteiger partial charge on any atom is 0.119 e. The molecule has 1 aromatic rings. The van der Waals surface area contributed by atoms with Crippen molar-refractivity contribution in [2.24, 2.45) is 5.73 Å². The van der Waals surface area contributed by atoms with Gasteiger partial charge >= 0.3 is 0 Å². The Labute approximate surface area is 121 Å². The lowest BCUT2D eigenvalue weighted by Crippen LogP contribution is -2.32. The Hall–Kier alpha value is -1.14. The van der Waals surface area contributed by atoms with E-state index in [1.54, 1.807) is 7.11 Å². The van der Waals surface area contributed by atoms with Gasteiger partial charge in [-0.1, -0.05) is 12.1 Å². The summed E-state index contributed by atoms with van der Waals surface area (Å²) in [6, 6.07) is 7.84. The second-order valence-electron chi connectivity index (χ2n) is 4.61. The van der Waals surface area contributed by atoms with Gasteiger partial charge in [0.15, 0.2) is 0 Å². The Bertz CT molecular complexity index is 343. The predicted octanol–water partition coefficient (Wildman–Crippen LogP) is 0.855. The number of ether oxygens (including phenoxy) is 2. The standard InChI is InChI=1S/C15H26N2O3/c1-19-12-9-17(8-10-18)7-2-11-20-15-5-3-14(13-16)4-6-15/h3-6,18H,2,7-13,16H2,1H3. The highest BCUT2D eigenvalue weighted by Gasteiger charge is 2.03. The first-order chi connectivity index (χ1) is 9.80. The van der Waals surface area contributed by atoms with Crippen molar-refractivity contribution in [1.82, 2.24) is 4.90 Å². The molecule has 0 aliphatic heterocycles. The molecule has 0 aliphatic carbocycles. The second kappa shape index (κ2) is 10.6. The molecule has 0 saturated carbocycles. The molecular weight excluding hydrogens is 256 g/mol. The van der Waals surface area contributed by atoms with E-state index in [0.29, 0.717) is 26.3 Å². The summed E-state index contributed by atoms with van der Waals surface area (Å²) in [4.78, 5) is 2.17. The van der Waals surface area contributed by atoms with Gasteiger partial charge in [0.25, 0.3) is 0 Å². The monoisotopic (exact) mass is 282 g/mol. The average molecular weight is 282 g/mol. The summed E-state index contributed by atoms with van der Waals surface area (Å²) in [6.45, 7) is 4.47. The van der Waals surface area contributed by atoms with Crippen molar-refractivity contribution in [3.8, 4) is 5.75 Å². The first-order valence-corrected chi connectivity index (χ1v) is 7.04. The van der Waals surface area contributed by atoms with Crippen molar-refractivity contribution >= 4 is 0 Å². The molecule has 0 bridgehead atoms. The topological polar surface area (TPSA) is 68.0 Å². The Morgan fingerprint density at radius 3 is 2.45 bits per heavy atom. The number of aliphatic hydroxyl groups is 1. The Morgan fingerprint density at radius 2 is 1.85 bits per heavy atom. The zero-order valence-electron chi connectivity index (χ0n) is 12.3. The van der Waals surface area contributed by atoms with Gasteiger partial charge in [0.1, 0.15) is 5.75 Å². The van der Waals surface area contributed by atoms with Gasteiger partial charge in [0.2, 0.25) is 0 Å². The number of rotatable bonds is 11. The number of hydrogen-bond donors (Lipinski definition) is 2. The van der Waals surface area contributed by atoms with Crippen molar-refractivity contribution in [3.63, 3.8) is 0 Å². The molecule has 0 amide bonds. The van der Waals surface area contributed by atoms with E-state index in [-0.39, 0.29) is 6.61 Å². The lowest BCUT2D eigenvalue weighted by molar-refractivity contribution is 0.126. The Balaban J connectivity index is 2.21. The molecule has 20 heavy (non-hydrogen) atoms. The van der Waals surface area contributed by atoms with E-state index in [2.05, 4.69) is 4.90 Å². The van der Waals surface area contributed by atoms with Crippen molar-refractivity contribution in [2.45, 2.75) is 13.0 Å². The number of benzene rings is 1. The number of methoxy groups -OCH3 is 1.